The lowest BCUT2D eigenvalue weighted by Crippen LogP contribution is -2.40. The van der Waals surface area contributed by atoms with Gasteiger partial charge in [0.15, 0.2) is 27.8 Å². The fourth-order valence-electron chi connectivity index (χ4n) is 5.34. The molecule has 0 unspecified atom stereocenters. The highest BCUT2D eigenvalue weighted by Gasteiger charge is 2.34. The van der Waals surface area contributed by atoms with E-state index in [-0.39, 0.29) is 36.1 Å². The second kappa shape index (κ2) is 15.2. The van der Waals surface area contributed by atoms with E-state index in [0.29, 0.717) is 55.8 Å². The van der Waals surface area contributed by atoms with Crippen LogP contribution in [0, 0.1) is 10.1 Å². The predicted octanol–water partition coefficient (Wildman–Crippen LogP) is 5.48. The molecule has 0 saturated carbocycles. The summed E-state index contributed by atoms with van der Waals surface area (Å²) in [4.78, 5) is 43.1. The SMILES string of the molecule is CCOC(=O)C1=C(C)N=c2s/c(=C\c3ccc(OCc4ccc([N+](=O)[O-])cc4)c(OCC)c3)c(=O)n2[C@H]1c1ccc(OC(C)C)c(OC)c1. The number of benzene rings is 3. The number of thiazole rings is 1. The second-order valence-corrected chi connectivity index (χ2v) is 12.2. The van der Waals surface area contributed by atoms with Gasteiger partial charge in [-0.2, -0.15) is 0 Å². The largest absolute Gasteiger partial charge is 0.493 e. The maximum absolute atomic E-state index is 14.2. The van der Waals surface area contributed by atoms with Crippen molar-refractivity contribution in [2.24, 2.45) is 4.99 Å². The molecule has 12 nitrogen and oxygen atoms in total. The normalized spacial score (nSPS) is 14.3. The zero-order chi connectivity index (χ0) is 35.2. The van der Waals surface area contributed by atoms with Crippen molar-refractivity contribution in [1.29, 1.82) is 0 Å². The monoisotopic (exact) mass is 687 g/mol. The Kier molecular flexibility index (Phi) is 10.8. The molecule has 0 aliphatic carbocycles. The summed E-state index contributed by atoms with van der Waals surface area (Å²) in [5, 5.41) is 11.0. The van der Waals surface area contributed by atoms with Gasteiger partial charge in [0.2, 0.25) is 0 Å². The highest BCUT2D eigenvalue weighted by molar-refractivity contribution is 7.07. The van der Waals surface area contributed by atoms with Crippen molar-refractivity contribution >= 4 is 29.1 Å². The number of methoxy groups -OCH3 is 1. The number of non-ortho nitro benzene ring substituents is 1. The van der Waals surface area contributed by atoms with Crippen LogP contribution in [0.15, 0.2) is 81.7 Å². The number of nitro groups is 1. The third-order valence-electron chi connectivity index (χ3n) is 7.49. The number of allylic oxidation sites excluding steroid dienone is 1. The number of carbonyl (C=O) groups excluding carboxylic acids is 1. The van der Waals surface area contributed by atoms with Crippen LogP contribution in [0.25, 0.3) is 6.08 Å². The Morgan fingerprint density at radius 2 is 1.73 bits per heavy atom. The summed E-state index contributed by atoms with van der Waals surface area (Å²) in [6, 6.07) is 16.0. The van der Waals surface area contributed by atoms with Crippen LogP contribution < -0.4 is 33.8 Å². The van der Waals surface area contributed by atoms with Crippen molar-refractivity contribution in [2.45, 2.75) is 53.4 Å². The number of fused-ring (bicyclic) bond motifs is 1. The molecule has 0 spiro atoms. The number of ether oxygens (including phenoxy) is 5. The van der Waals surface area contributed by atoms with E-state index in [1.54, 1.807) is 62.4 Å². The summed E-state index contributed by atoms with van der Waals surface area (Å²) in [5.41, 5.74) is 2.45. The fraction of sp³-hybridized carbons (Fsp3) is 0.306. The average Bonchev–Trinajstić information content (AvgIpc) is 3.37. The van der Waals surface area contributed by atoms with Crippen LogP contribution in [-0.2, 0) is 16.1 Å². The summed E-state index contributed by atoms with van der Waals surface area (Å²) >= 11 is 1.21. The lowest BCUT2D eigenvalue weighted by Gasteiger charge is -2.25. The molecule has 0 bridgehead atoms. The van der Waals surface area contributed by atoms with E-state index in [0.717, 1.165) is 5.56 Å². The van der Waals surface area contributed by atoms with Gasteiger partial charge in [-0.3, -0.25) is 19.5 Å². The van der Waals surface area contributed by atoms with Crippen molar-refractivity contribution < 1.29 is 33.4 Å². The van der Waals surface area contributed by atoms with Crippen LogP contribution in [-0.4, -0.2) is 41.9 Å². The molecule has 13 heteroatoms. The van der Waals surface area contributed by atoms with Crippen LogP contribution in [0.5, 0.6) is 23.0 Å². The smallest absolute Gasteiger partial charge is 0.338 e. The van der Waals surface area contributed by atoms with E-state index in [4.69, 9.17) is 23.7 Å². The molecule has 0 N–H and O–H groups in total. The van der Waals surface area contributed by atoms with Crippen molar-refractivity contribution in [2.75, 3.05) is 20.3 Å². The molecule has 1 atom stereocenters. The number of nitro benzene ring substituents is 1. The average molecular weight is 688 g/mol. The molecule has 0 saturated heterocycles. The van der Waals surface area contributed by atoms with Crippen LogP contribution in [0.2, 0.25) is 0 Å². The van der Waals surface area contributed by atoms with Crippen LogP contribution >= 0.6 is 11.3 Å². The number of rotatable bonds is 13. The number of nitrogens with zero attached hydrogens (tertiary/aromatic N) is 3. The summed E-state index contributed by atoms with van der Waals surface area (Å²) < 4.78 is 30.7. The summed E-state index contributed by atoms with van der Waals surface area (Å²) in [6.45, 7) is 9.84. The number of aromatic nitrogens is 1. The number of hydrogen-bond donors (Lipinski definition) is 0. The van der Waals surface area contributed by atoms with Gasteiger partial charge in [0, 0.05) is 12.1 Å². The maximum atomic E-state index is 14.2. The van der Waals surface area contributed by atoms with Crippen LogP contribution in [0.3, 0.4) is 0 Å². The minimum atomic E-state index is -0.825. The highest BCUT2D eigenvalue weighted by atomic mass is 32.1. The Bertz CT molecular complexity index is 2080. The van der Waals surface area contributed by atoms with Crippen molar-refractivity contribution in [1.82, 2.24) is 4.57 Å². The van der Waals surface area contributed by atoms with Gasteiger partial charge in [-0.1, -0.05) is 23.5 Å². The second-order valence-electron chi connectivity index (χ2n) is 11.2. The summed E-state index contributed by atoms with van der Waals surface area (Å²) in [6.07, 6.45) is 1.65. The van der Waals surface area contributed by atoms with Gasteiger partial charge in [0.25, 0.3) is 11.2 Å². The lowest BCUT2D eigenvalue weighted by molar-refractivity contribution is -0.384. The molecule has 0 radical (unpaired) electrons. The van der Waals surface area contributed by atoms with Gasteiger partial charge < -0.3 is 23.7 Å². The summed E-state index contributed by atoms with van der Waals surface area (Å²) in [7, 11) is 1.54. The van der Waals surface area contributed by atoms with Gasteiger partial charge in [0.1, 0.15) is 6.61 Å². The van der Waals surface area contributed by atoms with E-state index in [1.807, 2.05) is 26.8 Å². The van der Waals surface area contributed by atoms with Gasteiger partial charge in [0.05, 0.1) is 53.2 Å². The molecule has 256 valence electrons. The molecule has 1 aliphatic rings. The molecule has 1 aliphatic heterocycles. The van der Waals surface area contributed by atoms with Gasteiger partial charge >= 0.3 is 5.97 Å². The van der Waals surface area contributed by atoms with E-state index >= 15 is 0 Å². The Morgan fingerprint density at radius 1 is 1.00 bits per heavy atom. The first kappa shape index (κ1) is 34.9. The van der Waals surface area contributed by atoms with Crippen molar-refractivity contribution in [3.63, 3.8) is 0 Å². The van der Waals surface area contributed by atoms with E-state index in [1.165, 1.54) is 35.1 Å². The minimum Gasteiger partial charge on any atom is -0.493 e. The number of hydrogen-bond acceptors (Lipinski definition) is 11. The standard InChI is InChI=1S/C36H37N3O9S/c1-7-45-30-17-24(11-15-27(30)47-20-23-9-13-26(14-10-23)39(42)43)18-31-34(40)38-33(25-12-16-28(48-21(3)4)29(19-25)44-6)32(35(41)46-8-2)22(5)37-36(38)49-31/h9-19,21,33H,7-8,20H2,1-6H3/b31-18-/t33-/m0/s1. The molecule has 2 heterocycles. The quantitative estimate of drug-likeness (QED) is 0.102. The van der Waals surface area contributed by atoms with Gasteiger partial charge in [-0.15, -0.1) is 0 Å². The van der Waals surface area contributed by atoms with E-state index in [2.05, 4.69) is 4.99 Å². The van der Waals surface area contributed by atoms with E-state index < -0.39 is 16.9 Å². The Morgan fingerprint density at radius 3 is 2.39 bits per heavy atom. The fourth-order valence-corrected chi connectivity index (χ4v) is 6.39. The Hall–Kier alpha value is -5.43. The third-order valence-corrected chi connectivity index (χ3v) is 8.47. The first-order valence-electron chi connectivity index (χ1n) is 15.7. The molecule has 0 fully saturated rings. The van der Waals surface area contributed by atoms with E-state index in [9.17, 15) is 19.7 Å². The van der Waals surface area contributed by atoms with Gasteiger partial charge in [-0.05, 0) is 93.8 Å². The molecular weight excluding hydrogens is 650 g/mol. The zero-order valence-corrected chi connectivity index (χ0v) is 28.9. The zero-order valence-electron chi connectivity index (χ0n) is 28.1. The number of esters is 1. The first-order valence-corrected chi connectivity index (χ1v) is 16.5. The maximum Gasteiger partial charge on any atom is 0.338 e. The molecule has 4 aromatic rings. The molecule has 49 heavy (non-hydrogen) atoms. The molecule has 5 rings (SSSR count). The lowest BCUT2D eigenvalue weighted by atomic mass is 9.95. The Labute approximate surface area is 286 Å². The van der Waals surface area contributed by atoms with Crippen LogP contribution in [0.4, 0.5) is 5.69 Å². The first-order chi connectivity index (χ1) is 23.5. The molecule has 0 amide bonds. The van der Waals surface area contributed by atoms with Crippen molar-refractivity contribution in [3.05, 3.63) is 118 Å². The number of carbonyl (C=O) groups is 1. The Balaban J connectivity index is 1.54. The predicted molar refractivity (Wildman–Crippen MR) is 184 cm³/mol. The van der Waals surface area contributed by atoms with Crippen molar-refractivity contribution in [3.8, 4) is 23.0 Å². The molecular formula is C36H37N3O9S. The molecule has 1 aromatic heterocycles. The highest BCUT2D eigenvalue weighted by Crippen LogP contribution is 2.37. The third kappa shape index (κ3) is 7.67. The minimum absolute atomic E-state index is 0.000794. The van der Waals surface area contributed by atoms with Crippen LogP contribution in [0.1, 0.15) is 57.4 Å². The topological polar surface area (TPSA) is 141 Å². The van der Waals surface area contributed by atoms with Gasteiger partial charge in [-0.25, -0.2) is 9.79 Å². The molecule has 3 aromatic carbocycles. The summed E-state index contributed by atoms with van der Waals surface area (Å²) in [5.74, 6) is 1.39.